The van der Waals surface area contributed by atoms with Gasteiger partial charge < -0.3 is 26.0 Å². The molecule has 0 bridgehead atoms. The van der Waals surface area contributed by atoms with Gasteiger partial charge in [-0.05, 0) is 32.4 Å². The van der Waals surface area contributed by atoms with Gasteiger partial charge in [0.1, 0.15) is 0 Å². The summed E-state index contributed by atoms with van der Waals surface area (Å²) in [7, 11) is 0. The Kier molecular flexibility index (Phi) is 6.12. The third-order valence-electron chi connectivity index (χ3n) is 2.79. The molecule has 5 heteroatoms. The molecule has 15 heavy (non-hydrogen) atoms. The van der Waals surface area contributed by atoms with Crippen LogP contribution in [0, 0.1) is 0 Å². The van der Waals surface area contributed by atoms with Crippen LogP contribution in [0.5, 0.6) is 0 Å². The van der Waals surface area contributed by atoms with E-state index in [2.05, 4.69) is 10.6 Å². The fraction of sp³-hybridized carbons (Fsp3) is 1.00. The molecule has 5 nitrogen and oxygen atoms in total. The molecule has 90 valence electrons. The zero-order valence-corrected chi connectivity index (χ0v) is 9.02. The predicted molar refractivity (Wildman–Crippen MR) is 57.6 cm³/mol. The summed E-state index contributed by atoms with van der Waals surface area (Å²) in [4.78, 5) is 0. The van der Waals surface area contributed by atoms with Crippen molar-refractivity contribution in [1.29, 1.82) is 0 Å². The summed E-state index contributed by atoms with van der Waals surface area (Å²) in [5, 5.41) is 33.7. The Bertz CT molecular complexity index is 169. The predicted octanol–water partition coefficient (Wildman–Crippen LogP) is -1.57. The van der Waals surface area contributed by atoms with Crippen LogP contribution in [0.3, 0.4) is 0 Å². The maximum atomic E-state index is 9.52. The van der Waals surface area contributed by atoms with Gasteiger partial charge in [0.15, 0.2) is 0 Å². The van der Waals surface area contributed by atoms with E-state index < -0.39 is 12.2 Å². The second-order valence-corrected chi connectivity index (χ2v) is 4.04. The van der Waals surface area contributed by atoms with E-state index in [1.54, 1.807) is 0 Å². The Labute approximate surface area is 90.5 Å². The summed E-state index contributed by atoms with van der Waals surface area (Å²) >= 11 is 0. The highest BCUT2D eigenvalue weighted by atomic mass is 16.3. The lowest BCUT2D eigenvalue weighted by atomic mass is 10.1. The highest BCUT2D eigenvalue weighted by molar-refractivity contribution is 4.90. The molecule has 1 aliphatic rings. The number of aliphatic hydroxyl groups excluding tert-OH is 3. The molecule has 3 atom stereocenters. The van der Waals surface area contributed by atoms with Crippen molar-refractivity contribution < 1.29 is 15.3 Å². The Morgan fingerprint density at radius 3 is 2.60 bits per heavy atom. The third-order valence-corrected chi connectivity index (χ3v) is 2.79. The van der Waals surface area contributed by atoms with Crippen molar-refractivity contribution in [2.24, 2.45) is 0 Å². The topological polar surface area (TPSA) is 84.8 Å². The highest BCUT2D eigenvalue weighted by Gasteiger charge is 2.31. The van der Waals surface area contributed by atoms with Gasteiger partial charge in [0, 0.05) is 19.2 Å². The molecule has 0 aromatic carbocycles. The summed E-state index contributed by atoms with van der Waals surface area (Å²) in [5.74, 6) is 0. The zero-order chi connectivity index (χ0) is 11.1. The molecular weight excluding hydrogens is 196 g/mol. The molecule has 0 radical (unpaired) electrons. The van der Waals surface area contributed by atoms with Gasteiger partial charge >= 0.3 is 0 Å². The molecule has 1 aliphatic heterocycles. The Balaban J connectivity index is 1.96. The number of rotatable bonds is 7. The van der Waals surface area contributed by atoms with E-state index in [1.165, 1.54) is 0 Å². The highest BCUT2D eigenvalue weighted by Crippen LogP contribution is 2.10. The lowest BCUT2D eigenvalue weighted by Gasteiger charge is -2.16. The van der Waals surface area contributed by atoms with E-state index in [9.17, 15) is 10.2 Å². The number of hydrogen-bond donors (Lipinski definition) is 5. The van der Waals surface area contributed by atoms with E-state index in [-0.39, 0.29) is 12.6 Å². The normalized spacial score (nSPS) is 31.0. The molecule has 0 amide bonds. The van der Waals surface area contributed by atoms with Gasteiger partial charge in [-0.3, -0.25) is 0 Å². The summed E-state index contributed by atoms with van der Waals surface area (Å²) in [5.41, 5.74) is 0. The molecule has 0 saturated carbocycles. The Hall–Kier alpha value is -0.200. The van der Waals surface area contributed by atoms with Crippen LogP contribution < -0.4 is 10.6 Å². The maximum Gasteiger partial charge on any atom is 0.0964 e. The van der Waals surface area contributed by atoms with Crippen LogP contribution in [0.4, 0.5) is 0 Å². The first kappa shape index (κ1) is 12.9. The van der Waals surface area contributed by atoms with Gasteiger partial charge in [0.05, 0.1) is 12.2 Å². The fourth-order valence-corrected chi connectivity index (χ4v) is 1.80. The van der Waals surface area contributed by atoms with Gasteiger partial charge in [-0.15, -0.1) is 0 Å². The number of β-amino-alcohol motifs (C(OH)–C–C–N with tert-alkyl or cyclic N) is 1. The van der Waals surface area contributed by atoms with Crippen LogP contribution in [0.1, 0.15) is 19.3 Å². The number of aliphatic hydroxyl groups is 3. The van der Waals surface area contributed by atoms with Crippen molar-refractivity contribution in [3.63, 3.8) is 0 Å². The third kappa shape index (κ3) is 4.44. The standard InChI is InChI=1S/C10H22N2O3/c13-6-2-1-4-11-5-3-8-10(15)9(14)7-12-8/h8-15H,1-7H2. The van der Waals surface area contributed by atoms with Crippen LogP contribution in [0.15, 0.2) is 0 Å². The van der Waals surface area contributed by atoms with Crippen LogP contribution in [0.25, 0.3) is 0 Å². The lowest BCUT2D eigenvalue weighted by molar-refractivity contribution is 0.0394. The van der Waals surface area contributed by atoms with E-state index >= 15 is 0 Å². The fourth-order valence-electron chi connectivity index (χ4n) is 1.80. The molecule has 1 rings (SSSR count). The molecule has 0 spiro atoms. The van der Waals surface area contributed by atoms with E-state index in [0.717, 1.165) is 32.4 Å². The summed E-state index contributed by atoms with van der Waals surface area (Å²) in [6.45, 7) is 2.45. The minimum atomic E-state index is -0.635. The minimum Gasteiger partial charge on any atom is -0.396 e. The first-order chi connectivity index (χ1) is 7.25. The Morgan fingerprint density at radius 1 is 1.20 bits per heavy atom. The molecule has 3 unspecified atom stereocenters. The van der Waals surface area contributed by atoms with E-state index in [1.807, 2.05) is 0 Å². The van der Waals surface area contributed by atoms with Crippen molar-refractivity contribution in [3.05, 3.63) is 0 Å². The van der Waals surface area contributed by atoms with Crippen molar-refractivity contribution in [2.45, 2.75) is 37.5 Å². The van der Waals surface area contributed by atoms with E-state index in [4.69, 9.17) is 5.11 Å². The second kappa shape index (κ2) is 7.14. The molecule has 0 aliphatic carbocycles. The maximum absolute atomic E-state index is 9.52. The molecule has 1 heterocycles. The van der Waals surface area contributed by atoms with Gasteiger partial charge in [-0.25, -0.2) is 0 Å². The first-order valence-electron chi connectivity index (χ1n) is 5.67. The second-order valence-electron chi connectivity index (χ2n) is 4.04. The van der Waals surface area contributed by atoms with Crippen molar-refractivity contribution in [2.75, 3.05) is 26.2 Å². The molecule has 5 N–H and O–H groups in total. The average molecular weight is 218 g/mol. The zero-order valence-electron chi connectivity index (χ0n) is 9.02. The SMILES string of the molecule is OCCCCNCCC1NCC(O)C1O. The Morgan fingerprint density at radius 2 is 2.00 bits per heavy atom. The summed E-state index contributed by atoms with van der Waals surface area (Å²) in [6, 6.07) is 0.00495. The van der Waals surface area contributed by atoms with E-state index in [0.29, 0.717) is 6.54 Å². The molecule has 1 saturated heterocycles. The van der Waals surface area contributed by atoms with Gasteiger partial charge in [-0.1, -0.05) is 0 Å². The molecule has 1 fully saturated rings. The minimum absolute atomic E-state index is 0.00495. The quantitative estimate of drug-likeness (QED) is 0.334. The summed E-state index contributed by atoms with van der Waals surface area (Å²) < 4.78 is 0. The van der Waals surface area contributed by atoms with Crippen LogP contribution in [-0.2, 0) is 0 Å². The smallest absolute Gasteiger partial charge is 0.0964 e. The van der Waals surface area contributed by atoms with Crippen LogP contribution in [0.2, 0.25) is 0 Å². The molecular formula is C10H22N2O3. The number of nitrogens with one attached hydrogen (secondary N) is 2. The van der Waals surface area contributed by atoms with Crippen molar-refractivity contribution >= 4 is 0 Å². The van der Waals surface area contributed by atoms with Gasteiger partial charge in [0.2, 0.25) is 0 Å². The largest absolute Gasteiger partial charge is 0.396 e. The van der Waals surface area contributed by atoms with Crippen LogP contribution in [-0.4, -0.2) is 59.8 Å². The molecule has 0 aromatic heterocycles. The van der Waals surface area contributed by atoms with Gasteiger partial charge in [0.25, 0.3) is 0 Å². The van der Waals surface area contributed by atoms with Crippen molar-refractivity contribution in [1.82, 2.24) is 10.6 Å². The first-order valence-corrected chi connectivity index (χ1v) is 5.67. The summed E-state index contributed by atoms with van der Waals surface area (Å²) in [6.07, 6.45) is 1.36. The number of unbranched alkanes of at least 4 members (excludes halogenated alkanes) is 1. The number of hydrogen-bond acceptors (Lipinski definition) is 5. The molecule has 0 aromatic rings. The van der Waals surface area contributed by atoms with Crippen LogP contribution >= 0.6 is 0 Å². The lowest BCUT2D eigenvalue weighted by Crippen LogP contribution is -2.35. The average Bonchev–Trinajstić information content (AvgIpc) is 2.54. The van der Waals surface area contributed by atoms with Crippen molar-refractivity contribution in [3.8, 4) is 0 Å². The monoisotopic (exact) mass is 218 g/mol. The van der Waals surface area contributed by atoms with Gasteiger partial charge in [-0.2, -0.15) is 0 Å².